The molecule has 0 radical (unpaired) electrons. The first-order valence-corrected chi connectivity index (χ1v) is 5.10. The molecule has 78 valence electrons. The quantitative estimate of drug-likeness (QED) is 0.507. The lowest BCUT2D eigenvalue weighted by Crippen LogP contribution is -2.36. The average Bonchev–Trinajstić information content (AvgIpc) is 2.17. The van der Waals surface area contributed by atoms with Gasteiger partial charge in [0.1, 0.15) is 17.9 Å². The fourth-order valence-corrected chi connectivity index (χ4v) is 1.96. The molecule has 0 heterocycles. The fourth-order valence-electron chi connectivity index (χ4n) is 1.96. The van der Waals surface area contributed by atoms with Crippen LogP contribution in [-0.2, 0) is 14.4 Å². The first-order chi connectivity index (χ1) is 6.60. The van der Waals surface area contributed by atoms with E-state index in [1.165, 1.54) is 6.92 Å². The van der Waals surface area contributed by atoms with Crippen LogP contribution < -0.4 is 0 Å². The topological polar surface area (TPSA) is 51.2 Å². The molecule has 0 aromatic carbocycles. The molecule has 3 heteroatoms. The summed E-state index contributed by atoms with van der Waals surface area (Å²) in [7, 11) is 0. The Labute approximate surface area is 83.9 Å². The second-order valence-electron chi connectivity index (χ2n) is 4.11. The number of carbonyl (C=O) groups is 3. The number of hydrogen-bond donors (Lipinski definition) is 0. The minimum absolute atomic E-state index is 0.0278. The van der Waals surface area contributed by atoms with Crippen LogP contribution in [0.15, 0.2) is 0 Å². The molecule has 3 nitrogen and oxygen atoms in total. The Morgan fingerprint density at radius 2 is 2.21 bits per heavy atom. The summed E-state index contributed by atoms with van der Waals surface area (Å²) in [5, 5.41) is 0. The molecule has 0 N–H and O–H groups in total. The minimum atomic E-state index is -0.829. The van der Waals surface area contributed by atoms with Gasteiger partial charge in [-0.2, -0.15) is 0 Å². The lowest BCUT2D eigenvalue weighted by molar-refractivity contribution is -0.138. The van der Waals surface area contributed by atoms with Gasteiger partial charge in [0.2, 0.25) is 0 Å². The van der Waals surface area contributed by atoms with Crippen LogP contribution >= 0.6 is 0 Å². The summed E-state index contributed by atoms with van der Waals surface area (Å²) in [5.41, 5.74) is -0.829. The van der Waals surface area contributed by atoms with E-state index in [2.05, 4.69) is 0 Å². The monoisotopic (exact) mass is 196 g/mol. The zero-order valence-electron chi connectivity index (χ0n) is 8.54. The highest BCUT2D eigenvalue weighted by molar-refractivity contribution is 5.99. The van der Waals surface area contributed by atoms with Crippen molar-refractivity contribution in [2.45, 2.75) is 45.4 Å². The summed E-state index contributed by atoms with van der Waals surface area (Å²) >= 11 is 0. The van der Waals surface area contributed by atoms with Gasteiger partial charge in [-0.25, -0.2) is 0 Å². The zero-order chi connectivity index (χ0) is 10.6. The molecule has 1 rings (SSSR count). The molecule has 0 aromatic rings. The van der Waals surface area contributed by atoms with Crippen molar-refractivity contribution in [3.63, 3.8) is 0 Å². The second kappa shape index (κ2) is 4.49. The molecular weight excluding hydrogens is 180 g/mol. The summed E-state index contributed by atoms with van der Waals surface area (Å²) in [4.78, 5) is 33.4. The van der Waals surface area contributed by atoms with Crippen molar-refractivity contribution in [1.82, 2.24) is 0 Å². The molecule has 1 saturated carbocycles. The number of aldehydes is 1. The molecule has 0 saturated heterocycles. The molecule has 0 spiro atoms. The van der Waals surface area contributed by atoms with Crippen LogP contribution in [0.5, 0.6) is 0 Å². The normalized spacial score (nSPS) is 27.4. The number of ketones is 2. The van der Waals surface area contributed by atoms with Crippen molar-refractivity contribution in [2.75, 3.05) is 0 Å². The Morgan fingerprint density at radius 1 is 1.50 bits per heavy atom. The van der Waals surface area contributed by atoms with Gasteiger partial charge in [0.05, 0.1) is 5.41 Å². The third kappa shape index (κ3) is 2.28. The number of carbonyl (C=O) groups excluding carboxylic acids is 3. The van der Waals surface area contributed by atoms with Gasteiger partial charge in [-0.3, -0.25) is 4.79 Å². The van der Waals surface area contributed by atoms with E-state index in [-0.39, 0.29) is 11.6 Å². The molecular formula is C11H16O3. The van der Waals surface area contributed by atoms with Gasteiger partial charge in [-0.05, 0) is 26.2 Å². The molecule has 1 aliphatic rings. The first-order valence-electron chi connectivity index (χ1n) is 5.10. The van der Waals surface area contributed by atoms with Gasteiger partial charge >= 0.3 is 0 Å². The van der Waals surface area contributed by atoms with E-state index in [4.69, 9.17) is 0 Å². The van der Waals surface area contributed by atoms with Gasteiger partial charge in [0.25, 0.3) is 0 Å². The predicted octanol–water partition coefficient (Wildman–Crippen LogP) is 1.68. The van der Waals surface area contributed by atoms with Crippen LogP contribution in [0.25, 0.3) is 0 Å². The van der Waals surface area contributed by atoms with Gasteiger partial charge < -0.3 is 9.59 Å². The molecule has 14 heavy (non-hydrogen) atoms. The van der Waals surface area contributed by atoms with E-state index in [0.717, 1.165) is 19.1 Å². The maximum absolute atomic E-state index is 11.6. The highest BCUT2D eigenvalue weighted by Gasteiger charge is 2.39. The van der Waals surface area contributed by atoms with Crippen LogP contribution in [-0.4, -0.2) is 17.9 Å². The second-order valence-corrected chi connectivity index (χ2v) is 4.11. The third-order valence-corrected chi connectivity index (χ3v) is 2.98. The molecule has 0 aliphatic heterocycles. The highest BCUT2D eigenvalue weighted by atomic mass is 16.1. The lowest BCUT2D eigenvalue weighted by Gasteiger charge is -2.29. The Balaban J connectivity index is 2.68. The van der Waals surface area contributed by atoms with E-state index in [0.29, 0.717) is 25.7 Å². The van der Waals surface area contributed by atoms with Crippen LogP contribution in [0.3, 0.4) is 0 Å². The maximum atomic E-state index is 11.6. The van der Waals surface area contributed by atoms with Crippen LogP contribution in [0.1, 0.15) is 45.4 Å². The number of rotatable bonds is 4. The minimum Gasteiger partial charge on any atom is -0.302 e. The maximum Gasteiger partial charge on any atom is 0.146 e. The molecule has 1 atom stereocenters. The van der Waals surface area contributed by atoms with Crippen molar-refractivity contribution in [3.05, 3.63) is 0 Å². The third-order valence-electron chi connectivity index (χ3n) is 2.98. The van der Waals surface area contributed by atoms with Crippen LogP contribution in [0.2, 0.25) is 0 Å². The number of Topliss-reactive ketones (excluding diaryl/α,β-unsaturated/α-hetero) is 2. The highest BCUT2D eigenvalue weighted by Crippen LogP contribution is 2.35. The van der Waals surface area contributed by atoms with Gasteiger partial charge in [0.15, 0.2) is 0 Å². The Bertz CT molecular complexity index is 257. The Kier molecular flexibility index (Phi) is 3.55. The van der Waals surface area contributed by atoms with Crippen LogP contribution in [0.4, 0.5) is 0 Å². The van der Waals surface area contributed by atoms with E-state index >= 15 is 0 Å². The first kappa shape index (κ1) is 11.1. The van der Waals surface area contributed by atoms with Gasteiger partial charge in [-0.1, -0.05) is 6.42 Å². The molecule has 1 fully saturated rings. The van der Waals surface area contributed by atoms with Gasteiger partial charge in [0, 0.05) is 12.8 Å². The van der Waals surface area contributed by atoms with Crippen molar-refractivity contribution in [1.29, 1.82) is 0 Å². The summed E-state index contributed by atoms with van der Waals surface area (Å²) < 4.78 is 0. The molecule has 1 aliphatic carbocycles. The molecule has 0 bridgehead atoms. The lowest BCUT2D eigenvalue weighted by atomic mass is 9.71. The largest absolute Gasteiger partial charge is 0.302 e. The van der Waals surface area contributed by atoms with Gasteiger partial charge in [-0.15, -0.1) is 0 Å². The summed E-state index contributed by atoms with van der Waals surface area (Å²) in [5.74, 6) is 0.0737. The molecule has 0 amide bonds. The summed E-state index contributed by atoms with van der Waals surface area (Å²) in [6.45, 7) is 1.49. The molecule has 1 unspecified atom stereocenters. The van der Waals surface area contributed by atoms with E-state index in [1.807, 2.05) is 0 Å². The van der Waals surface area contributed by atoms with Crippen molar-refractivity contribution in [2.24, 2.45) is 5.41 Å². The zero-order valence-corrected chi connectivity index (χ0v) is 8.54. The average molecular weight is 196 g/mol. The molecule has 0 aromatic heterocycles. The van der Waals surface area contributed by atoms with E-state index in [9.17, 15) is 14.4 Å². The van der Waals surface area contributed by atoms with Crippen molar-refractivity contribution < 1.29 is 14.4 Å². The van der Waals surface area contributed by atoms with Crippen LogP contribution in [0, 0.1) is 5.41 Å². The fraction of sp³-hybridized carbons (Fsp3) is 0.727. The predicted molar refractivity (Wildman–Crippen MR) is 51.9 cm³/mol. The summed E-state index contributed by atoms with van der Waals surface area (Å²) in [6, 6.07) is 0. The standard InChI is InChI=1S/C11H16O3/c1-9(13)5-7-11(8-12)6-3-2-4-10(11)14/h8H,2-7H2,1H3. The van der Waals surface area contributed by atoms with Crippen molar-refractivity contribution in [3.8, 4) is 0 Å². The smallest absolute Gasteiger partial charge is 0.146 e. The number of hydrogen-bond acceptors (Lipinski definition) is 3. The van der Waals surface area contributed by atoms with E-state index < -0.39 is 5.41 Å². The van der Waals surface area contributed by atoms with E-state index in [1.54, 1.807) is 0 Å². The van der Waals surface area contributed by atoms with Crippen molar-refractivity contribution >= 4 is 17.9 Å². The Morgan fingerprint density at radius 3 is 2.71 bits per heavy atom. The SMILES string of the molecule is CC(=O)CCC1(C=O)CCCCC1=O. The summed E-state index contributed by atoms with van der Waals surface area (Å²) in [6.07, 6.45) is 4.43. The Hall–Kier alpha value is -0.990.